The van der Waals surface area contributed by atoms with Crippen LogP contribution in [0, 0.1) is 11.3 Å². The van der Waals surface area contributed by atoms with E-state index in [1.54, 1.807) is 0 Å². The van der Waals surface area contributed by atoms with Crippen molar-refractivity contribution in [3.8, 4) is 6.07 Å². The fraction of sp³-hybridized carbons (Fsp3) is 0.273. The van der Waals surface area contributed by atoms with Crippen molar-refractivity contribution in [2.45, 2.75) is 12.3 Å². The lowest BCUT2D eigenvalue weighted by Gasteiger charge is -2.08. The molecule has 2 N–H and O–H groups in total. The van der Waals surface area contributed by atoms with E-state index in [0.717, 1.165) is 5.56 Å². The van der Waals surface area contributed by atoms with Gasteiger partial charge in [0.25, 0.3) is 0 Å². The number of nitrogens with two attached hydrogens (primary N) is 1. The molecule has 4 nitrogen and oxygen atoms in total. The average Bonchev–Trinajstić information content (AvgIpc) is 2.25. The molecule has 0 saturated heterocycles. The lowest BCUT2D eigenvalue weighted by molar-refractivity contribution is 0.154. The van der Waals surface area contributed by atoms with Gasteiger partial charge in [-0.3, -0.25) is 0 Å². The van der Waals surface area contributed by atoms with Crippen LogP contribution in [0.25, 0.3) is 0 Å². The maximum absolute atomic E-state index is 10.3. The largest absolute Gasteiger partial charge is 0.450 e. The molecule has 0 aliphatic carbocycles. The second-order valence-corrected chi connectivity index (χ2v) is 3.05. The molecule has 0 aromatic heterocycles. The van der Waals surface area contributed by atoms with Crippen molar-refractivity contribution in [2.24, 2.45) is 5.73 Å². The Morgan fingerprint density at radius 3 is 2.67 bits per heavy atom. The minimum Gasteiger partial charge on any atom is -0.450 e. The van der Waals surface area contributed by atoms with Crippen molar-refractivity contribution in [1.29, 1.82) is 5.26 Å². The Morgan fingerprint density at radius 2 is 2.13 bits per heavy atom. The number of rotatable bonds is 4. The van der Waals surface area contributed by atoms with Crippen LogP contribution < -0.4 is 5.73 Å². The van der Waals surface area contributed by atoms with Crippen molar-refractivity contribution in [2.75, 3.05) is 6.61 Å². The molecule has 1 unspecified atom stereocenters. The lowest BCUT2D eigenvalue weighted by Crippen LogP contribution is -2.14. The number of carbonyl (C=O) groups is 1. The van der Waals surface area contributed by atoms with Crippen LogP contribution in [0.1, 0.15) is 17.9 Å². The fourth-order valence-corrected chi connectivity index (χ4v) is 1.27. The van der Waals surface area contributed by atoms with Crippen LogP contribution in [0.4, 0.5) is 4.79 Å². The molecule has 4 heteroatoms. The summed E-state index contributed by atoms with van der Waals surface area (Å²) in [5, 5.41) is 8.92. The molecule has 0 spiro atoms. The first-order valence-electron chi connectivity index (χ1n) is 4.61. The minimum atomic E-state index is -0.806. The van der Waals surface area contributed by atoms with Gasteiger partial charge < -0.3 is 10.5 Å². The number of nitrogens with zero attached hydrogens (tertiary/aromatic N) is 1. The molecule has 0 aliphatic rings. The molecule has 1 aromatic rings. The first-order chi connectivity index (χ1) is 7.24. The second kappa shape index (κ2) is 5.66. The molecule has 15 heavy (non-hydrogen) atoms. The van der Waals surface area contributed by atoms with Gasteiger partial charge in [0.1, 0.15) is 0 Å². The predicted molar refractivity (Wildman–Crippen MR) is 54.9 cm³/mol. The highest BCUT2D eigenvalue weighted by Crippen LogP contribution is 2.17. The molecule has 1 rings (SSSR count). The summed E-state index contributed by atoms with van der Waals surface area (Å²) in [6, 6.07) is 11.5. The zero-order valence-corrected chi connectivity index (χ0v) is 8.22. The highest BCUT2D eigenvalue weighted by atomic mass is 16.5. The topological polar surface area (TPSA) is 76.1 Å². The molecule has 1 amide bonds. The average molecular weight is 204 g/mol. The number of ether oxygens (including phenoxy) is 1. The number of hydrogen-bond acceptors (Lipinski definition) is 3. The number of hydrogen-bond donors (Lipinski definition) is 1. The maximum atomic E-state index is 10.3. The third kappa shape index (κ3) is 3.69. The summed E-state index contributed by atoms with van der Waals surface area (Å²) in [5.74, 6) is -0.259. The number of nitriles is 1. The van der Waals surface area contributed by atoms with Crippen LogP contribution in [0.2, 0.25) is 0 Å². The Bertz CT molecular complexity index is 357. The molecule has 1 aromatic carbocycles. The normalized spacial score (nSPS) is 11.4. The highest BCUT2D eigenvalue weighted by molar-refractivity contribution is 5.64. The summed E-state index contributed by atoms with van der Waals surface area (Å²) in [4.78, 5) is 10.3. The molecule has 0 saturated carbocycles. The van der Waals surface area contributed by atoms with Crippen molar-refractivity contribution in [1.82, 2.24) is 0 Å². The number of primary amides is 1. The molecule has 0 fully saturated rings. The van der Waals surface area contributed by atoms with Crippen LogP contribution in [0.3, 0.4) is 0 Å². The zero-order valence-electron chi connectivity index (χ0n) is 8.22. The fourth-order valence-electron chi connectivity index (χ4n) is 1.27. The van der Waals surface area contributed by atoms with Gasteiger partial charge in [-0.05, 0) is 5.56 Å². The van der Waals surface area contributed by atoms with E-state index in [2.05, 4.69) is 10.8 Å². The van der Waals surface area contributed by atoms with E-state index in [4.69, 9.17) is 11.0 Å². The van der Waals surface area contributed by atoms with E-state index in [1.807, 2.05) is 30.3 Å². The van der Waals surface area contributed by atoms with Gasteiger partial charge in [0.2, 0.25) is 0 Å². The zero-order chi connectivity index (χ0) is 11.1. The Labute approximate surface area is 88.3 Å². The van der Waals surface area contributed by atoms with E-state index in [9.17, 15) is 4.79 Å². The summed E-state index contributed by atoms with van der Waals surface area (Å²) >= 11 is 0. The first kappa shape index (κ1) is 11.1. The Morgan fingerprint density at radius 1 is 1.47 bits per heavy atom. The van der Waals surface area contributed by atoms with Crippen LogP contribution >= 0.6 is 0 Å². The Hall–Kier alpha value is -2.02. The third-order valence-corrected chi connectivity index (χ3v) is 2.01. The smallest absolute Gasteiger partial charge is 0.404 e. The molecule has 0 heterocycles. The summed E-state index contributed by atoms with van der Waals surface area (Å²) in [5.41, 5.74) is 5.74. The molecule has 0 aliphatic heterocycles. The highest BCUT2D eigenvalue weighted by Gasteiger charge is 2.10. The molecule has 0 bridgehead atoms. The Kier molecular flexibility index (Phi) is 4.17. The van der Waals surface area contributed by atoms with Crippen LogP contribution in [0.5, 0.6) is 0 Å². The van der Waals surface area contributed by atoms with Crippen LogP contribution in [-0.2, 0) is 4.74 Å². The molecule has 78 valence electrons. The van der Waals surface area contributed by atoms with E-state index in [-0.39, 0.29) is 12.5 Å². The monoisotopic (exact) mass is 204 g/mol. The van der Waals surface area contributed by atoms with Gasteiger partial charge in [-0.1, -0.05) is 30.3 Å². The quantitative estimate of drug-likeness (QED) is 0.812. The summed E-state index contributed by atoms with van der Waals surface area (Å²) in [6.45, 7) is 0.169. The standard InChI is InChI=1S/C11H12N2O2/c12-8-10(6-7-15-11(13)14)9-4-2-1-3-5-9/h1-5,10H,6-7H2,(H2,13,14). The lowest BCUT2D eigenvalue weighted by atomic mass is 9.98. The number of carbonyl (C=O) groups excluding carboxylic acids is 1. The van der Waals surface area contributed by atoms with Crippen molar-refractivity contribution in [3.05, 3.63) is 35.9 Å². The number of benzene rings is 1. The van der Waals surface area contributed by atoms with Crippen LogP contribution in [0.15, 0.2) is 30.3 Å². The summed E-state index contributed by atoms with van der Waals surface area (Å²) in [7, 11) is 0. The molecule has 1 atom stereocenters. The SMILES string of the molecule is N#CC(CCOC(N)=O)c1ccccc1. The molecular formula is C11H12N2O2. The van der Waals surface area contributed by atoms with E-state index in [0.29, 0.717) is 6.42 Å². The maximum Gasteiger partial charge on any atom is 0.404 e. The van der Waals surface area contributed by atoms with Gasteiger partial charge >= 0.3 is 6.09 Å². The Balaban J connectivity index is 2.51. The summed E-state index contributed by atoms with van der Waals surface area (Å²) in [6.07, 6.45) is -0.344. The predicted octanol–water partition coefficient (Wildman–Crippen LogP) is 1.78. The van der Waals surface area contributed by atoms with Gasteiger partial charge in [-0.25, -0.2) is 4.79 Å². The summed E-state index contributed by atoms with van der Waals surface area (Å²) < 4.78 is 4.58. The van der Waals surface area contributed by atoms with Gasteiger partial charge in [0.15, 0.2) is 0 Å². The van der Waals surface area contributed by atoms with Gasteiger partial charge in [-0.2, -0.15) is 5.26 Å². The first-order valence-corrected chi connectivity index (χ1v) is 4.61. The van der Waals surface area contributed by atoms with E-state index < -0.39 is 6.09 Å². The second-order valence-electron chi connectivity index (χ2n) is 3.05. The van der Waals surface area contributed by atoms with Gasteiger partial charge in [0, 0.05) is 6.42 Å². The molecular weight excluding hydrogens is 192 g/mol. The van der Waals surface area contributed by atoms with E-state index >= 15 is 0 Å². The van der Waals surface area contributed by atoms with Crippen molar-refractivity contribution < 1.29 is 9.53 Å². The minimum absolute atomic E-state index is 0.169. The van der Waals surface area contributed by atoms with Crippen LogP contribution in [-0.4, -0.2) is 12.7 Å². The van der Waals surface area contributed by atoms with Crippen molar-refractivity contribution in [3.63, 3.8) is 0 Å². The van der Waals surface area contributed by atoms with Gasteiger partial charge in [0.05, 0.1) is 18.6 Å². The van der Waals surface area contributed by atoms with Gasteiger partial charge in [-0.15, -0.1) is 0 Å². The third-order valence-electron chi connectivity index (χ3n) is 2.01. The van der Waals surface area contributed by atoms with Crippen molar-refractivity contribution >= 4 is 6.09 Å². The number of amides is 1. The molecule has 0 radical (unpaired) electrons. The van der Waals surface area contributed by atoms with E-state index in [1.165, 1.54) is 0 Å².